The number of rotatable bonds is 15. The van der Waals surface area contributed by atoms with E-state index in [4.69, 9.17) is 14.2 Å². The van der Waals surface area contributed by atoms with Crippen LogP contribution in [0.25, 0.3) is 0 Å². The van der Waals surface area contributed by atoms with E-state index in [2.05, 4.69) is 21.3 Å². The van der Waals surface area contributed by atoms with E-state index in [0.29, 0.717) is 12.4 Å². The SMILES string of the molecule is C[C@H](NC(=O)CNC(=O)[C@H](C)NC(=O)OC(C)(C)C)C(=O)N[C@@H](Cc1ccc(OCc2ccccc2)cc1)C(=O)OCc1ccccc1. The first-order chi connectivity index (χ1) is 22.8. The van der Waals surface area contributed by atoms with Gasteiger partial charge in [-0.05, 0) is 63.4 Å². The molecule has 3 aromatic rings. The maximum Gasteiger partial charge on any atom is 0.408 e. The normalized spacial score (nSPS) is 12.8. The van der Waals surface area contributed by atoms with Crippen LogP contribution in [0.2, 0.25) is 0 Å². The monoisotopic (exact) mass is 660 g/mol. The second-order valence-corrected chi connectivity index (χ2v) is 12.2. The Morgan fingerprint density at radius 1 is 0.667 bits per heavy atom. The first kappa shape index (κ1) is 37.1. The molecule has 3 atom stereocenters. The van der Waals surface area contributed by atoms with Gasteiger partial charge < -0.3 is 35.5 Å². The number of alkyl carbamates (subject to hydrolysis) is 1. The number of hydrogen-bond donors (Lipinski definition) is 4. The van der Waals surface area contributed by atoms with Crippen molar-refractivity contribution < 1.29 is 38.2 Å². The molecular weight excluding hydrogens is 616 g/mol. The third-order valence-electron chi connectivity index (χ3n) is 6.76. The van der Waals surface area contributed by atoms with Crippen molar-refractivity contribution in [2.24, 2.45) is 0 Å². The fourth-order valence-corrected chi connectivity index (χ4v) is 4.25. The average Bonchev–Trinajstić information content (AvgIpc) is 3.05. The summed E-state index contributed by atoms with van der Waals surface area (Å²) < 4.78 is 16.5. The van der Waals surface area contributed by atoms with Gasteiger partial charge in [0.05, 0.1) is 6.54 Å². The molecule has 0 heterocycles. The van der Waals surface area contributed by atoms with Gasteiger partial charge in [0.1, 0.15) is 42.7 Å². The minimum Gasteiger partial charge on any atom is -0.489 e. The number of benzene rings is 3. The molecule has 0 saturated carbocycles. The smallest absolute Gasteiger partial charge is 0.408 e. The van der Waals surface area contributed by atoms with E-state index in [1.807, 2.05) is 60.7 Å². The Labute approximate surface area is 280 Å². The summed E-state index contributed by atoms with van der Waals surface area (Å²) in [7, 11) is 0. The van der Waals surface area contributed by atoms with E-state index in [1.165, 1.54) is 13.8 Å². The standard InChI is InChI=1S/C36H44N4O8/c1-24(39-35(45)48-36(3,4)5)32(42)37-21-31(41)38-25(2)33(43)40-30(34(44)47-23-28-14-10-7-11-15-28)20-26-16-18-29(19-17-26)46-22-27-12-8-6-9-13-27/h6-19,24-25,30H,20-23H2,1-5H3,(H,37,42)(H,38,41)(H,39,45)(H,40,43)/t24-,25-,30-/m0/s1. The van der Waals surface area contributed by atoms with E-state index in [1.54, 1.807) is 45.0 Å². The Balaban J connectivity index is 1.56. The summed E-state index contributed by atoms with van der Waals surface area (Å²) in [6.45, 7) is 7.94. The summed E-state index contributed by atoms with van der Waals surface area (Å²) in [4.78, 5) is 63.1. The molecule has 0 bridgehead atoms. The summed E-state index contributed by atoms with van der Waals surface area (Å²) in [6, 6.07) is 23.0. The minimum atomic E-state index is -1.06. The molecule has 0 saturated heterocycles. The fourth-order valence-electron chi connectivity index (χ4n) is 4.25. The second kappa shape index (κ2) is 18.1. The van der Waals surface area contributed by atoms with Gasteiger partial charge in [-0.3, -0.25) is 14.4 Å². The lowest BCUT2D eigenvalue weighted by Gasteiger charge is -2.22. The summed E-state index contributed by atoms with van der Waals surface area (Å²) in [5, 5.41) is 9.98. The van der Waals surface area contributed by atoms with Crippen LogP contribution in [0, 0.1) is 0 Å². The molecule has 4 amide bonds. The number of carbonyl (C=O) groups is 5. The van der Waals surface area contributed by atoms with E-state index >= 15 is 0 Å². The molecule has 0 aliphatic carbocycles. The lowest BCUT2D eigenvalue weighted by atomic mass is 10.1. The zero-order chi connectivity index (χ0) is 35.1. The van der Waals surface area contributed by atoms with Crippen LogP contribution >= 0.6 is 0 Å². The van der Waals surface area contributed by atoms with Crippen molar-refractivity contribution in [3.8, 4) is 5.75 Å². The van der Waals surface area contributed by atoms with Crippen LogP contribution in [0.15, 0.2) is 84.9 Å². The van der Waals surface area contributed by atoms with E-state index in [0.717, 1.165) is 16.7 Å². The van der Waals surface area contributed by atoms with Gasteiger partial charge in [-0.2, -0.15) is 0 Å². The highest BCUT2D eigenvalue weighted by atomic mass is 16.6. The molecule has 3 aromatic carbocycles. The van der Waals surface area contributed by atoms with Gasteiger partial charge in [0, 0.05) is 6.42 Å². The largest absolute Gasteiger partial charge is 0.489 e. The molecular formula is C36H44N4O8. The van der Waals surface area contributed by atoms with E-state index in [9.17, 15) is 24.0 Å². The van der Waals surface area contributed by atoms with Gasteiger partial charge in [-0.1, -0.05) is 72.8 Å². The minimum absolute atomic E-state index is 0.0193. The molecule has 0 unspecified atom stereocenters. The third kappa shape index (κ3) is 13.5. The molecule has 0 spiro atoms. The molecule has 12 nitrogen and oxygen atoms in total. The number of nitrogens with one attached hydrogen (secondary N) is 4. The van der Waals surface area contributed by atoms with Crippen LogP contribution in [-0.4, -0.2) is 60.1 Å². The van der Waals surface area contributed by atoms with Crippen molar-refractivity contribution in [1.82, 2.24) is 21.3 Å². The fraction of sp³-hybridized carbons (Fsp3) is 0.361. The van der Waals surface area contributed by atoms with Crippen molar-refractivity contribution in [1.29, 1.82) is 0 Å². The highest BCUT2D eigenvalue weighted by Crippen LogP contribution is 2.16. The number of hydrogen-bond acceptors (Lipinski definition) is 8. The Morgan fingerprint density at radius 3 is 1.81 bits per heavy atom. The number of amides is 4. The first-order valence-corrected chi connectivity index (χ1v) is 15.6. The Morgan fingerprint density at radius 2 is 1.23 bits per heavy atom. The predicted molar refractivity (Wildman–Crippen MR) is 179 cm³/mol. The van der Waals surface area contributed by atoms with Gasteiger partial charge in [-0.25, -0.2) is 9.59 Å². The van der Waals surface area contributed by atoms with Gasteiger partial charge >= 0.3 is 12.1 Å². The Hall–Kier alpha value is -5.39. The molecule has 3 rings (SSSR count). The molecule has 12 heteroatoms. The van der Waals surface area contributed by atoms with Gasteiger partial charge in [0.25, 0.3) is 0 Å². The van der Waals surface area contributed by atoms with Crippen molar-refractivity contribution >= 4 is 29.8 Å². The predicted octanol–water partition coefficient (Wildman–Crippen LogP) is 3.57. The van der Waals surface area contributed by atoms with Crippen LogP contribution in [0.4, 0.5) is 4.79 Å². The van der Waals surface area contributed by atoms with Crippen molar-refractivity contribution in [2.75, 3.05) is 6.54 Å². The lowest BCUT2D eigenvalue weighted by Crippen LogP contribution is -2.53. The third-order valence-corrected chi connectivity index (χ3v) is 6.76. The van der Waals surface area contributed by atoms with E-state index in [-0.39, 0.29) is 13.0 Å². The second-order valence-electron chi connectivity index (χ2n) is 12.2. The summed E-state index contributed by atoms with van der Waals surface area (Å²) in [5.41, 5.74) is 1.82. The molecule has 256 valence electrons. The number of esters is 1. The van der Waals surface area contributed by atoms with Crippen LogP contribution < -0.4 is 26.0 Å². The van der Waals surface area contributed by atoms with Crippen LogP contribution in [0.3, 0.4) is 0 Å². The number of carbonyl (C=O) groups excluding carboxylic acids is 5. The molecule has 4 N–H and O–H groups in total. The first-order valence-electron chi connectivity index (χ1n) is 15.6. The van der Waals surface area contributed by atoms with Crippen LogP contribution in [0.5, 0.6) is 5.75 Å². The van der Waals surface area contributed by atoms with Gasteiger partial charge in [0.2, 0.25) is 17.7 Å². The highest BCUT2D eigenvalue weighted by molar-refractivity contribution is 5.93. The van der Waals surface area contributed by atoms with Crippen LogP contribution in [0.1, 0.15) is 51.3 Å². The zero-order valence-electron chi connectivity index (χ0n) is 27.9. The maximum absolute atomic E-state index is 13.2. The topological polar surface area (TPSA) is 161 Å². The molecule has 48 heavy (non-hydrogen) atoms. The lowest BCUT2D eigenvalue weighted by molar-refractivity contribution is -0.149. The van der Waals surface area contributed by atoms with Crippen molar-refractivity contribution in [3.05, 3.63) is 102 Å². The van der Waals surface area contributed by atoms with Crippen LogP contribution in [-0.2, 0) is 48.3 Å². The number of ether oxygens (including phenoxy) is 3. The molecule has 0 fully saturated rings. The van der Waals surface area contributed by atoms with E-state index < -0.39 is 60.1 Å². The van der Waals surface area contributed by atoms with Crippen molar-refractivity contribution in [2.45, 2.75) is 78.0 Å². The summed E-state index contributed by atoms with van der Waals surface area (Å²) in [5.74, 6) is -1.89. The van der Waals surface area contributed by atoms with Gasteiger partial charge in [0.15, 0.2) is 0 Å². The van der Waals surface area contributed by atoms with Gasteiger partial charge in [-0.15, -0.1) is 0 Å². The summed E-state index contributed by atoms with van der Waals surface area (Å²) in [6.07, 6.45) is -0.651. The highest BCUT2D eigenvalue weighted by Gasteiger charge is 2.27. The molecule has 0 aromatic heterocycles. The quantitative estimate of drug-likeness (QED) is 0.180. The average molecular weight is 661 g/mol. The molecule has 0 aliphatic heterocycles. The zero-order valence-corrected chi connectivity index (χ0v) is 27.9. The summed E-state index contributed by atoms with van der Waals surface area (Å²) >= 11 is 0. The maximum atomic E-state index is 13.2. The molecule has 0 aliphatic rings. The molecule has 0 radical (unpaired) electrons. The Bertz CT molecular complexity index is 1510. The van der Waals surface area contributed by atoms with Crippen molar-refractivity contribution in [3.63, 3.8) is 0 Å². The Kier molecular flexibility index (Phi) is 14.0.